The van der Waals surface area contributed by atoms with Gasteiger partial charge in [0, 0.05) is 6.42 Å². The normalized spacial score (nSPS) is 10.1. The highest BCUT2D eigenvalue weighted by Gasteiger charge is 2.10. The van der Waals surface area contributed by atoms with Crippen molar-refractivity contribution in [2.45, 2.75) is 19.3 Å². The van der Waals surface area contributed by atoms with Crippen LogP contribution in [0.25, 0.3) is 0 Å². The molecule has 4 nitrogen and oxygen atoms in total. The SMILES string of the molecule is COC(=O)c1ccc(CCCCN)o1. The van der Waals surface area contributed by atoms with E-state index >= 15 is 0 Å². The van der Waals surface area contributed by atoms with Crippen molar-refractivity contribution in [1.29, 1.82) is 0 Å². The summed E-state index contributed by atoms with van der Waals surface area (Å²) in [6.45, 7) is 0.685. The van der Waals surface area contributed by atoms with Crippen LogP contribution in [0.3, 0.4) is 0 Å². The van der Waals surface area contributed by atoms with Gasteiger partial charge in [-0.2, -0.15) is 0 Å². The van der Waals surface area contributed by atoms with E-state index in [1.807, 2.05) is 0 Å². The molecule has 0 saturated heterocycles. The van der Waals surface area contributed by atoms with E-state index in [9.17, 15) is 4.79 Å². The number of hydrogen-bond acceptors (Lipinski definition) is 4. The molecule has 0 aliphatic heterocycles. The minimum atomic E-state index is -0.435. The van der Waals surface area contributed by atoms with Crippen LogP contribution in [-0.2, 0) is 11.2 Å². The molecule has 0 fully saturated rings. The summed E-state index contributed by atoms with van der Waals surface area (Å²) in [5.74, 6) is 0.629. The predicted octanol–water partition coefficient (Wildman–Crippen LogP) is 1.35. The average Bonchev–Trinajstić information content (AvgIpc) is 2.66. The molecule has 1 heterocycles. The topological polar surface area (TPSA) is 65.5 Å². The number of carbonyl (C=O) groups is 1. The van der Waals surface area contributed by atoms with Gasteiger partial charge in [0.1, 0.15) is 5.76 Å². The first kappa shape index (κ1) is 10.8. The van der Waals surface area contributed by atoms with Gasteiger partial charge < -0.3 is 14.9 Å². The number of carbonyl (C=O) groups excluding carboxylic acids is 1. The molecule has 0 atom stereocenters. The van der Waals surface area contributed by atoms with Crippen molar-refractivity contribution >= 4 is 5.97 Å². The van der Waals surface area contributed by atoms with Gasteiger partial charge in [0.2, 0.25) is 5.76 Å². The number of hydrogen-bond donors (Lipinski definition) is 1. The van der Waals surface area contributed by atoms with Crippen LogP contribution in [-0.4, -0.2) is 19.6 Å². The Kier molecular flexibility index (Phi) is 4.19. The first-order valence-corrected chi connectivity index (χ1v) is 4.65. The Morgan fingerprint density at radius 3 is 2.93 bits per heavy atom. The van der Waals surface area contributed by atoms with Gasteiger partial charge in [-0.25, -0.2) is 4.79 Å². The van der Waals surface area contributed by atoms with Crippen LogP contribution in [0, 0.1) is 0 Å². The van der Waals surface area contributed by atoms with Gasteiger partial charge in [0.15, 0.2) is 0 Å². The molecule has 4 heteroatoms. The van der Waals surface area contributed by atoms with Crippen molar-refractivity contribution in [3.8, 4) is 0 Å². The summed E-state index contributed by atoms with van der Waals surface area (Å²) in [5, 5.41) is 0. The molecule has 0 aromatic carbocycles. The predicted molar refractivity (Wildman–Crippen MR) is 52.0 cm³/mol. The van der Waals surface area contributed by atoms with Crippen LogP contribution in [0.2, 0.25) is 0 Å². The lowest BCUT2D eigenvalue weighted by Gasteiger charge is -1.95. The van der Waals surface area contributed by atoms with Gasteiger partial charge in [-0.05, 0) is 31.5 Å². The number of nitrogens with two attached hydrogens (primary N) is 1. The molecule has 0 aliphatic rings. The Morgan fingerprint density at radius 2 is 2.29 bits per heavy atom. The number of rotatable bonds is 5. The number of ether oxygens (including phenoxy) is 1. The zero-order valence-corrected chi connectivity index (χ0v) is 8.29. The molecule has 0 unspecified atom stereocenters. The van der Waals surface area contributed by atoms with Crippen LogP contribution in [0.15, 0.2) is 16.5 Å². The molecule has 1 aromatic heterocycles. The number of unbranched alkanes of at least 4 members (excludes halogenated alkanes) is 1. The van der Waals surface area contributed by atoms with Crippen LogP contribution in [0.4, 0.5) is 0 Å². The largest absolute Gasteiger partial charge is 0.463 e. The molecule has 0 spiro atoms. The Morgan fingerprint density at radius 1 is 1.50 bits per heavy atom. The minimum absolute atomic E-state index is 0.259. The summed E-state index contributed by atoms with van der Waals surface area (Å²) in [6, 6.07) is 3.42. The van der Waals surface area contributed by atoms with Gasteiger partial charge in [-0.15, -0.1) is 0 Å². The monoisotopic (exact) mass is 197 g/mol. The van der Waals surface area contributed by atoms with Gasteiger partial charge in [-0.1, -0.05) is 0 Å². The summed E-state index contributed by atoms with van der Waals surface area (Å²) in [7, 11) is 1.33. The highest BCUT2D eigenvalue weighted by atomic mass is 16.5. The van der Waals surface area contributed by atoms with E-state index in [1.165, 1.54) is 7.11 Å². The Bertz CT molecular complexity index is 293. The Hall–Kier alpha value is -1.29. The maximum Gasteiger partial charge on any atom is 0.373 e. The second-order valence-electron chi connectivity index (χ2n) is 3.00. The lowest BCUT2D eigenvalue weighted by molar-refractivity contribution is 0.0563. The van der Waals surface area contributed by atoms with Crippen molar-refractivity contribution in [3.63, 3.8) is 0 Å². The summed E-state index contributed by atoms with van der Waals surface area (Å²) in [5.41, 5.74) is 5.36. The van der Waals surface area contributed by atoms with Crippen molar-refractivity contribution in [2.24, 2.45) is 5.73 Å². The van der Waals surface area contributed by atoms with E-state index in [4.69, 9.17) is 10.2 Å². The van der Waals surface area contributed by atoms with E-state index < -0.39 is 5.97 Å². The third-order valence-electron chi connectivity index (χ3n) is 1.93. The number of furan rings is 1. The van der Waals surface area contributed by atoms with Crippen LogP contribution in [0.1, 0.15) is 29.2 Å². The first-order valence-electron chi connectivity index (χ1n) is 4.65. The molecule has 0 saturated carbocycles. The fraction of sp³-hybridized carbons (Fsp3) is 0.500. The second-order valence-corrected chi connectivity index (χ2v) is 3.00. The molecule has 14 heavy (non-hydrogen) atoms. The van der Waals surface area contributed by atoms with E-state index in [-0.39, 0.29) is 5.76 Å². The van der Waals surface area contributed by atoms with Gasteiger partial charge in [0.25, 0.3) is 0 Å². The fourth-order valence-electron chi connectivity index (χ4n) is 1.17. The van der Waals surface area contributed by atoms with Gasteiger partial charge in [-0.3, -0.25) is 0 Å². The van der Waals surface area contributed by atoms with Crippen LogP contribution < -0.4 is 5.73 Å². The third-order valence-corrected chi connectivity index (χ3v) is 1.93. The molecule has 0 aliphatic carbocycles. The maximum atomic E-state index is 11.0. The van der Waals surface area contributed by atoms with Crippen molar-refractivity contribution in [3.05, 3.63) is 23.7 Å². The van der Waals surface area contributed by atoms with E-state index in [2.05, 4.69) is 4.74 Å². The maximum absolute atomic E-state index is 11.0. The van der Waals surface area contributed by atoms with E-state index in [0.29, 0.717) is 6.54 Å². The fourth-order valence-corrected chi connectivity index (χ4v) is 1.17. The zero-order chi connectivity index (χ0) is 10.4. The molecular formula is C10H15NO3. The van der Waals surface area contributed by atoms with Crippen LogP contribution in [0.5, 0.6) is 0 Å². The Labute approximate surface area is 83.0 Å². The summed E-state index contributed by atoms with van der Waals surface area (Å²) < 4.78 is 9.79. The minimum Gasteiger partial charge on any atom is -0.463 e. The summed E-state index contributed by atoms with van der Waals surface area (Å²) in [4.78, 5) is 11.0. The molecule has 0 radical (unpaired) electrons. The number of methoxy groups -OCH3 is 1. The lowest BCUT2D eigenvalue weighted by atomic mass is 10.2. The van der Waals surface area contributed by atoms with E-state index in [0.717, 1.165) is 25.0 Å². The van der Waals surface area contributed by atoms with Gasteiger partial charge in [0.05, 0.1) is 7.11 Å². The standard InChI is InChI=1S/C10H15NO3/c1-13-10(12)9-6-5-8(14-9)4-2-3-7-11/h5-6H,2-4,7,11H2,1H3. The Balaban J connectivity index is 2.46. The second kappa shape index (κ2) is 5.44. The quantitative estimate of drug-likeness (QED) is 0.571. The number of aryl methyl sites for hydroxylation is 1. The lowest BCUT2D eigenvalue weighted by Crippen LogP contribution is -1.99. The highest BCUT2D eigenvalue weighted by Crippen LogP contribution is 2.11. The first-order chi connectivity index (χ1) is 6.77. The molecule has 0 amide bonds. The third kappa shape index (κ3) is 2.88. The van der Waals surface area contributed by atoms with Crippen molar-refractivity contribution in [1.82, 2.24) is 0 Å². The summed E-state index contributed by atoms with van der Waals surface area (Å²) in [6.07, 6.45) is 2.76. The molecule has 2 N–H and O–H groups in total. The summed E-state index contributed by atoms with van der Waals surface area (Å²) >= 11 is 0. The number of esters is 1. The molecule has 0 bridgehead atoms. The molecule has 1 aromatic rings. The van der Waals surface area contributed by atoms with Crippen molar-refractivity contribution < 1.29 is 13.9 Å². The van der Waals surface area contributed by atoms with Gasteiger partial charge >= 0.3 is 5.97 Å². The molecule has 78 valence electrons. The highest BCUT2D eigenvalue weighted by molar-refractivity contribution is 5.86. The molecule has 1 rings (SSSR count). The molecular weight excluding hydrogens is 182 g/mol. The van der Waals surface area contributed by atoms with E-state index in [1.54, 1.807) is 12.1 Å². The van der Waals surface area contributed by atoms with Crippen LogP contribution >= 0.6 is 0 Å². The van der Waals surface area contributed by atoms with Crippen molar-refractivity contribution in [2.75, 3.05) is 13.7 Å². The zero-order valence-electron chi connectivity index (χ0n) is 8.29. The smallest absolute Gasteiger partial charge is 0.373 e. The average molecular weight is 197 g/mol.